The molecule has 0 fully saturated rings. The molecule has 1 aromatic heterocycles. The van der Waals surface area contributed by atoms with Crippen LogP contribution in [-0.2, 0) is 6.54 Å². The fourth-order valence-electron chi connectivity index (χ4n) is 1.54. The second-order valence-corrected chi connectivity index (χ2v) is 5.73. The highest BCUT2D eigenvalue weighted by Gasteiger charge is 2.07. The van der Waals surface area contributed by atoms with Crippen LogP contribution in [0.15, 0.2) is 39.8 Å². The van der Waals surface area contributed by atoms with Gasteiger partial charge in [-0.25, -0.2) is 4.68 Å². The third-order valence-corrected chi connectivity index (χ3v) is 3.92. The van der Waals surface area contributed by atoms with Crippen molar-refractivity contribution in [3.63, 3.8) is 0 Å². The Hall–Kier alpha value is -0.940. The molecular weight excluding hydrogens is 298 g/mol. The van der Waals surface area contributed by atoms with Crippen molar-refractivity contribution in [2.45, 2.75) is 18.5 Å². The zero-order chi connectivity index (χ0) is 12.3. The molecule has 0 atom stereocenters. The highest BCUT2D eigenvalue weighted by atomic mass is 79.9. The van der Waals surface area contributed by atoms with E-state index < -0.39 is 0 Å². The Morgan fingerprint density at radius 3 is 2.88 bits per heavy atom. The van der Waals surface area contributed by atoms with Gasteiger partial charge in [0.05, 0.1) is 6.54 Å². The van der Waals surface area contributed by atoms with E-state index in [2.05, 4.69) is 34.0 Å². The summed E-state index contributed by atoms with van der Waals surface area (Å²) in [5, 5.41) is 5.45. The van der Waals surface area contributed by atoms with Crippen LogP contribution in [0.4, 0.5) is 5.82 Å². The van der Waals surface area contributed by atoms with Gasteiger partial charge < -0.3 is 5.73 Å². The minimum absolute atomic E-state index is 0.692. The lowest BCUT2D eigenvalue weighted by Crippen LogP contribution is -2.06. The Morgan fingerprint density at radius 2 is 2.18 bits per heavy atom. The summed E-state index contributed by atoms with van der Waals surface area (Å²) < 4.78 is 2.91. The molecule has 0 spiro atoms. The van der Waals surface area contributed by atoms with Gasteiger partial charge in [-0.3, -0.25) is 0 Å². The molecule has 0 amide bonds. The minimum atomic E-state index is 0.692. The maximum Gasteiger partial charge on any atom is 0.123 e. The molecule has 1 aromatic carbocycles. The van der Waals surface area contributed by atoms with Crippen molar-refractivity contribution in [3.05, 3.63) is 40.4 Å². The van der Waals surface area contributed by atoms with Crippen LogP contribution in [0.2, 0.25) is 0 Å². The van der Waals surface area contributed by atoms with E-state index in [-0.39, 0.29) is 0 Å². The maximum absolute atomic E-state index is 5.94. The zero-order valence-electron chi connectivity index (χ0n) is 9.56. The molecule has 5 heteroatoms. The van der Waals surface area contributed by atoms with E-state index in [1.807, 2.05) is 28.9 Å². The molecule has 0 aliphatic carbocycles. The monoisotopic (exact) mass is 311 g/mol. The number of anilines is 1. The summed E-state index contributed by atoms with van der Waals surface area (Å²) in [6.07, 6.45) is 0. The third-order valence-electron chi connectivity index (χ3n) is 2.36. The Morgan fingerprint density at radius 1 is 1.41 bits per heavy atom. The van der Waals surface area contributed by atoms with Crippen molar-refractivity contribution in [1.29, 1.82) is 0 Å². The van der Waals surface area contributed by atoms with E-state index in [0.717, 1.165) is 15.3 Å². The van der Waals surface area contributed by atoms with E-state index in [9.17, 15) is 0 Å². The van der Waals surface area contributed by atoms with Gasteiger partial charge in [0, 0.05) is 10.5 Å². The van der Waals surface area contributed by atoms with Gasteiger partial charge >= 0.3 is 0 Å². The lowest BCUT2D eigenvalue weighted by atomic mass is 10.2. The van der Waals surface area contributed by atoms with Crippen LogP contribution < -0.4 is 5.73 Å². The topological polar surface area (TPSA) is 43.8 Å². The van der Waals surface area contributed by atoms with E-state index in [1.165, 1.54) is 5.56 Å². The first-order chi connectivity index (χ1) is 8.20. The quantitative estimate of drug-likeness (QED) is 0.880. The second-order valence-electron chi connectivity index (χ2n) is 3.59. The van der Waals surface area contributed by atoms with Crippen LogP contribution in [-0.4, -0.2) is 15.5 Å². The summed E-state index contributed by atoms with van der Waals surface area (Å²) in [7, 11) is 0. The van der Waals surface area contributed by atoms with Gasteiger partial charge in [-0.05, 0) is 17.4 Å². The summed E-state index contributed by atoms with van der Waals surface area (Å²) in [4.78, 5) is 0. The van der Waals surface area contributed by atoms with Crippen LogP contribution in [0.25, 0.3) is 0 Å². The Kier molecular flexibility index (Phi) is 4.12. The molecule has 0 aliphatic heterocycles. The van der Waals surface area contributed by atoms with Crippen LogP contribution >= 0.6 is 27.7 Å². The molecule has 2 rings (SSSR count). The van der Waals surface area contributed by atoms with Crippen molar-refractivity contribution >= 4 is 33.5 Å². The highest BCUT2D eigenvalue weighted by Crippen LogP contribution is 2.22. The van der Waals surface area contributed by atoms with Gasteiger partial charge in [-0.1, -0.05) is 41.1 Å². The fraction of sp³-hybridized carbons (Fsp3) is 0.250. The second kappa shape index (κ2) is 5.60. The zero-order valence-corrected chi connectivity index (χ0v) is 12.0. The molecule has 0 saturated carbocycles. The first kappa shape index (κ1) is 12.5. The molecule has 0 aliphatic rings. The van der Waals surface area contributed by atoms with Crippen LogP contribution in [0.1, 0.15) is 12.5 Å². The number of hydrogen-bond donors (Lipinski definition) is 1. The number of hydrogen-bond acceptors (Lipinski definition) is 3. The molecule has 1 heterocycles. The molecule has 0 unspecified atom stereocenters. The Bertz CT molecular complexity index is 510. The first-order valence-electron chi connectivity index (χ1n) is 5.40. The number of thioether (sulfide) groups is 1. The highest BCUT2D eigenvalue weighted by molar-refractivity contribution is 9.10. The van der Waals surface area contributed by atoms with Crippen molar-refractivity contribution in [2.75, 3.05) is 11.5 Å². The average Bonchev–Trinajstić information content (AvgIpc) is 2.63. The van der Waals surface area contributed by atoms with Gasteiger partial charge in [0.15, 0.2) is 0 Å². The van der Waals surface area contributed by atoms with Crippen molar-refractivity contribution in [2.24, 2.45) is 0 Å². The predicted octanol–water partition coefficient (Wildman–Crippen LogP) is 3.39. The lowest BCUT2D eigenvalue weighted by molar-refractivity contribution is 0.673. The molecule has 3 nitrogen and oxygen atoms in total. The van der Waals surface area contributed by atoms with Crippen molar-refractivity contribution in [3.8, 4) is 0 Å². The van der Waals surface area contributed by atoms with Crippen LogP contribution in [0, 0.1) is 0 Å². The molecule has 0 radical (unpaired) electrons. The van der Waals surface area contributed by atoms with E-state index >= 15 is 0 Å². The summed E-state index contributed by atoms with van der Waals surface area (Å²) >= 11 is 5.23. The number of halogens is 1. The minimum Gasteiger partial charge on any atom is -0.384 e. The smallest absolute Gasteiger partial charge is 0.123 e. The lowest BCUT2D eigenvalue weighted by Gasteiger charge is -2.06. The van der Waals surface area contributed by atoms with E-state index in [4.69, 9.17) is 5.73 Å². The van der Waals surface area contributed by atoms with Crippen molar-refractivity contribution in [1.82, 2.24) is 9.78 Å². The average molecular weight is 312 g/mol. The summed E-state index contributed by atoms with van der Waals surface area (Å²) in [6.45, 7) is 2.80. The summed E-state index contributed by atoms with van der Waals surface area (Å²) in [5.74, 6) is 1.71. The number of nitrogens with zero attached hydrogens (tertiary/aromatic N) is 2. The third kappa shape index (κ3) is 3.04. The number of rotatable bonds is 4. The van der Waals surface area contributed by atoms with Gasteiger partial charge in [-0.2, -0.15) is 5.10 Å². The van der Waals surface area contributed by atoms with Crippen molar-refractivity contribution < 1.29 is 0 Å². The Labute approximate surface area is 114 Å². The molecule has 17 heavy (non-hydrogen) atoms. The molecule has 2 N–H and O–H groups in total. The van der Waals surface area contributed by atoms with Gasteiger partial charge in [0.2, 0.25) is 0 Å². The standard InChI is InChI=1S/C12H14BrN3S/c1-2-17-12-7-11(14)16(15-12)8-9-5-3-4-6-10(9)13/h3-7H,2,8,14H2,1H3. The van der Waals surface area contributed by atoms with Gasteiger partial charge in [0.25, 0.3) is 0 Å². The fourth-order valence-corrected chi connectivity index (χ4v) is 2.61. The Balaban J connectivity index is 2.21. The molecule has 0 bridgehead atoms. The number of benzene rings is 1. The van der Waals surface area contributed by atoms with Gasteiger partial charge in [-0.15, -0.1) is 11.8 Å². The molecule has 90 valence electrons. The maximum atomic E-state index is 5.94. The van der Waals surface area contributed by atoms with E-state index in [1.54, 1.807) is 11.8 Å². The molecular formula is C12H14BrN3S. The largest absolute Gasteiger partial charge is 0.384 e. The SMILES string of the molecule is CCSc1cc(N)n(Cc2ccccc2Br)n1. The van der Waals surface area contributed by atoms with Crippen LogP contribution in [0.5, 0.6) is 0 Å². The van der Waals surface area contributed by atoms with Gasteiger partial charge in [0.1, 0.15) is 10.8 Å². The summed E-state index contributed by atoms with van der Waals surface area (Å²) in [6, 6.07) is 10.0. The molecule has 2 aromatic rings. The number of aromatic nitrogens is 2. The first-order valence-corrected chi connectivity index (χ1v) is 7.18. The number of nitrogens with two attached hydrogens (primary N) is 1. The molecule has 0 saturated heterocycles. The number of nitrogen functional groups attached to an aromatic ring is 1. The summed E-state index contributed by atoms with van der Waals surface area (Å²) in [5.41, 5.74) is 7.12. The van der Waals surface area contributed by atoms with E-state index in [0.29, 0.717) is 12.4 Å². The normalized spacial score (nSPS) is 10.7. The van der Waals surface area contributed by atoms with Crippen LogP contribution in [0.3, 0.4) is 0 Å². The predicted molar refractivity (Wildman–Crippen MR) is 76.3 cm³/mol.